The number of rotatable bonds is 6. The lowest BCUT2D eigenvalue weighted by Gasteiger charge is -2.36. The van der Waals surface area contributed by atoms with Gasteiger partial charge in [0.1, 0.15) is 23.8 Å². The van der Waals surface area contributed by atoms with Gasteiger partial charge in [-0.3, -0.25) is 19.5 Å². The van der Waals surface area contributed by atoms with Crippen LogP contribution in [0.1, 0.15) is 11.5 Å². The number of hydrogen-bond donors (Lipinski definition) is 1. The summed E-state index contributed by atoms with van der Waals surface area (Å²) in [5.41, 5.74) is 2.34. The van der Waals surface area contributed by atoms with Gasteiger partial charge in [0.15, 0.2) is 11.6 Å². The highest BCUT2D eigenvalue weighted by molar-refractivity contribution is 6.14. The summed E-state index contributed by atoms with van der Waals surface area (Å²) in [7, 11) is 3.41. The molecule has 4 aromatic rings. The molecule has 0 saturated carbocycles. The number of hydrazine groups is 1. The molecule has 0 aliphatic carbocycles. The summed E-state index contributed by atoms with van der Waals surface area (Å²) in [6, 6.07) is 11.8. The highest BCUT2D eigenvalue weighted by atomic mass is 16.5. The Bertz CT molecular complexity index is 1460. The molecule has 3 aromatic heterocycles. The number of aliphatic imine (C=N–C) groups is 1. The Morgan fingerprint density at radius 1 is 1.08 bits per heavy atom. The van der Waals surface area contributed by atoms with E-state index in [0.717, 1.165) is 38.5 Å². The maximum absolute atomic E-state index is 13.2. The van der Waals surface area contributed by atoms with Crippen molar-refractivity contribution in [1.82, 2.24) is 23.6 Å². The van der Waals surface area contributed by atoms with Gasteiger partial charge in [0, 0.05) is 52.0 Å². The number of ether oxygens (including phenoxy) is 1. The van der Waals surface area contributed by atoms with Gasteiger partial charge in [-0.2, -0.15) is 4.98 Å². The van der Waals surface area contributed by atoms with Crippen molar-refractivity contribution in [3.63, 3.8) is 0 Å². The van der Waals surface area contributed by atoms with E-state index in [0.29, 0.717) is 35.3 Å². The Balaban J connectivity index is 1.21. The van der Waals surface area contributed by atoms with Gasteiger partial charge in [-0.15, -0.1) is 0 Å². The summed E-state index contributed by atoms with van der Waals surface area (Å²) in [5.74, 6) is 8.78. The third kappa shape index (κ3) is 3.65. The van der Waals surface area contributed by atoms with E-state index in [-0.39, 0.29) is 12.4 Å². The average Bonchev–Trinajstić information content (AvgIpc) is 3.63. The number of aromatic nitrogens is 4. The first-order valence-electron chi connectivity index (χ1n) is 12.0. The van der Waals surface area contributed by atoms with Crippen molar-refractivity contribution in [3.05, 3.63) is 64.6 Å². The molecule has 0 spiro atoms. The molecule has 1 fully saturated rings. The number of nitrogens with two attached hydrogens (primary N) is 1. The van der Waals surface area contributed by atoms with Crippen molar-refractivity contribution in [1.29, 1.82) is 0 Å². The molecule has 12 nitrogen and oxygen atoms in total. The van der Waals surface area contributed by atoms with Crippen molar-refractivity contribution in [2.75, 3.05) is 56.4 Å². The molecule has 12 heteroatoms. The standard InChI is InChI=1S/C24H29N9O3/c1-28-24(34)31(14-11-29-9-12-30(13-10-29)17-5-7-18(35-2)8-6-17)23-27-22-21(33(23)28)20(26-16-32(22)25)19-4-3-15-36-19/h3-8,15H,9-14,16,25H2,1-2H3. The molecule has 5 heterocycles. The molecule has 1 aromatic carbocycles. The van der Waals surface area contributed by atoms with Crippen LogP contribution in [0.15, 0.2) is 56.9 Å². The van der Waals surface area contributed by atoms with Crippen LogP contribution in [0.5, 0.6) is 5.75 Å². The van der Waals surface area contributed by atoms with Crippen molar-refractivity contribution >= 4 is 23.0 Å². The number of anilines is 2. The fourth-order valence-electron chi connectivity index (χ4n) is 4.96. The summed E-state index contributed by atoms with van der Waals surface area (Å²) in [4.78, 5) is 27.3. The summed E-state index contributed by atoms with van der Waals surface area (Å²) in [5, 5.41) is 1.49. The molecule has 2 N–H and O–H groups in total. The zero-order valence-electron chi connectivity index (χ0n) is 20.4. The first-order valence-corrected chi connectivity index (χ1v) is 12.0. The number of aryl methyl sites for hydroxylation is 1. The lowest BCUT2D eigenvalue weighted by atomic mass is 10.2. The highest BCUT2D eigenvalue weighted by Crippen LogP contribution is 2.27. The minimum absolute atomic E-state index is 0.134. The van der Waals surface area contributed by atoms with Crippen LogP contribution in [0, 0.1) is 0 Å². The van der Waals surface area contributed by atoms with Crippen molar-refractivity contribution in [2.24, 2.45) is 17.9 Å². The molecule has 6 rings (SSSR count). The number of hydrogen-bond acceptors (Lipinski definition) is 9. The number of furan rings is 1. The Labute approximate surface area is 207 Å². The maximum Gasteiger partial charge on any atom is 0.345 e. The lowest BCUT2D eigenvalue weighted by Crippen LogP contribution is -2.47. The second kappa shape index (κ2) is 8.88. The molecule has 0 unspecified atom stereocenters. The molecule has 2 aliphatic rings. The van der Waals surface area contributed by atoms with E-state index in [1.54, 1.807) is 34.2 Å². The molecule has 1 saturated heterocycles. The predicted octanol–water partition coefficient (Wildman–Crippen LogP) is 0.747. The minimum atomic E-state index is -0.134. The van der Waals surface area contributed by atoms with Gasteiger partial charge in [-0.1, -0.05) is 0 Å². The van der Waals surface area contributed by atoms with E-state index in [1.807, 2.05) is 24.3 Å². The Morgan fingerprint density at radius 3 is 2.56 bits per heavy atom. The smallest absolute Gasteiger partial charge is 0.345 e. The van der Waals surface area contributed by atoms with Crippen LogP contribution in [0.25, 0.3) is 5.78 Å². The second-order valence-corrected chi connectivity index (χ2v) is 8.98. The number of piperazine rings is 1. The Morgan fingerprint density at radius 2 is 1.86 bits per heavy atom. The normalized spacial score (nSPS) is 16.5. The van der Waals surface area contributed by atoms with E-state index in [9.17, 15) is 4.79 Å². The quantitative estimate of drug-likeness (QED) is 0.393. The highest BCUT2D eigenvalue weighted by Gasteiger charge is 2.31. The zero-order valence-corrected chi connectivity index (χ0v) is 20.4. The van der Waals surface area contributed by atoms with Crippen LogP contribution < -0.4 is 26.2 Å². The lowest BCUT2D eigenvalue weighted by molar-refractivity contribution is 0.248. The van der Waals surface area contributed by atoms with Crippen molar-refractivity contribution in [2.45, 2.75) is 6.54 Å². The Kier molecular flexibility index (Phi) is 5.53. The molecule has 0 atom stereocenters. The number of imidazole rings is 1. The zero-order chi connectivity index (χ0) is 24.8. The summed E-state index contributed by atoms with van der Waals surface area (Å²) in [6.45, 7) is 5.22. The molecule has 0 radical (unpaired) electrons. The van der Waals surface area contributed by atoms with E-state index in [4.69, 9.17) is 20.0 Å². The fourth-order valence-corrected chi connectivity index (χ4v) is 4.96. The number of methoxy groups -OCH3 is 1. The predicted molar refractivity (Wildman–Crippen MR) is 136 cm³/mol. The number of benzene rings is 1. The van der Waals surface area contributed by atoms with E-state index in [2.05, 4.69) is 26.9 Å². The van der Waals surface area contributed by atoms with Gasteiger partial charge < -0.3 is 14.1 Å². The summed E-state index contributed by atoms with van der Waals surface area (Å²) in [6.07, 6.45) is 1.60. The van der Waals surface area contributed by atoms with Crippen molar-refractivity contribution in [3.8, 4) is 5.75 Å². The minimum Gasteiger partial charge on any atom is -0.497 e. The fraction of sp³-hybridized carbons (Fsp3) is 0.375. The topological polar surface area (TPSA) is 115 Å². The summed E-state index contributed by atoms with van der Waals surface area (Å²) < 4.78 is 15.9. The first-order chi connectivity index (χ1) is 17.5. The van der Waals surface area contributed by atoms with Gasteiger partial charge in [-0.25, -0.2) is 19.8 Å². The van der Waals surface area contributed by atoms with Crippen LogP contribution in [-0.4, -0.2) is 75.9 Å². The maximum atomic E-state index is 13.2. The van der Waals surface area contributed by atoms with Gasteiger partial charge in [0.25, 0.3) is 0 Å². The number of fused-ring (bicyclic) bond motifs is 3. The van der Waals surface area contributed by atoms with Gasteiger partial charge in [-0.05, 0) is 36.4 Å². The number of nitrogens with zero attached hydrogens (tertiary/aromatic N) is 8. The van der Waals surface area contributed by atoms with Crippen LogP contribution in [0.4, 0.5) is 11.5 Å². The average molecular weight is 492 g/mol. The first kappa shape index (κ1) is 22.4. The van der Waals surface area contributed by atoms with Crippen LogP contribution in [-0.2, 0) is 13.6 Å². The molecule has 2 aliphatic heterocycles. The third-order valence-electron chi connectivity index (χ3n) is 6.95. The molecule has 0 bridgehead atoms. The largest absolute Gasteiger partial charge is 0.497 e. The molecular weight excluding hydrogens is 462 g/mol. The van der Waals surface area contributed by atoms with Crippen LogP contribution >= 0.6 is 0 Å². The van der Waals surface area contributed by atoms with Crippen molar-refractivity contribution < 1.29 is 9.15 Å². The van der Waals surface area contributed by atoms with E-state index >= 15 is 0 Å². The molecular formula is C24H29N9O3. The second-order valence-electron chi connectivity index (χ2n) is 8.98. The SMILES string of the molecule is COc1ccc(N2CCN(CCn3c(=O)n(C)n4c5c(nc34)N(N)CN=C5c3ccco3)CC2)cc1. The van der Waals surface area contributed by atoms with E-state index < -0.39 is 0 Å². The summed E-state index contributed by atoms with van der Waals surface area (Å²) >= 11 is 0. The van der Waals surface area contributed by atoms with Gasteiger partial charge in [0.2, 0.25) is 5.78 Å². The molecule has 0 amide bonds. The van der Waals surface area contributed by atoms with Gasteiger partial charge >= 0.3 is 5.69 Å². The van der Waals surface area contributed by atoms with Crippen LogP contribution in [0.3, 0.4) is 0 Å². The Hall–Kier alpha value is -4.03. The third-order valence-corrected chi connectivity index (χ3v) is 6.95. The van der Waals surface area contributed by atoms with Crippen LogP contribution in [0.2, 0.25) is 0 Å². The van der Waals surface area contributed by atoms with E-state index in [1.165, 1.54) is 10.7 Å². The van der Waals surface area contributed by atoms with Gasteiger partial charge in [0.05, 0.1) is 13.4 Å². The molecule has 188 valence electrons. The monoisotopic (exact) mass is 491 g/mol. The molecule has 36 heavy (non-hydrogen) atoms.